The second kappa shape index (κ2) is 4.75. The number of nitriles is 1. The van der Waals surface area contributed by atoms with Crippen molar-refractivity contribution in [1.29, 1.82) is 5.26 Å². The molecule has 1 aromatic rings. The Labute approximate surface area is 102 Å². The zero-order chi connectivity index (χ0) is 12.4. The van der Waals surface area contributed by atoms with E-state index in [1.165, 1.54) is 6.07 Å². The molecule has 1 aromatic carbocycles. The number of hydrogen-bond donors (Lipinski definition) is 0. The van der Waals surface area contributed by atoms with Gasteiger partial charge in [-0.05, 0) is 37.8 Å². The van der Waals surface area contributed by atoms with Crippen LogP contribution in [0.2, 0.25) is 0 Å². The summed E-state index contributed by atoms with van der Waals surface area (Å²) in [6, 6.07) is 7.21. The molecule has 0 aliphatic carbocycles. The van der Waals surface area contributed by atoms with Crippen LogP contribution in [0.1, 0.15) is 32.3 Å². The van der Waals surface area contributed by atoms with Crippen molar-refractivity contribution in [2.45, 2.75) is 32.7 Å². The Morgan fingerprint density at radius 3 is 2.82 bits per heavy atom. The fourth-order valence-electron chi connectivity index (χ4n) is 2.63. The maximum absolute atomic E-state index is 13.6. The van der Waals surface area contributed by atoms with Crippen molar-refractivity contribution in [3.8, 4) is 6.07 Å². The smallest absolute Gasteiger partial charge is 0.143 e. The molecule has 3 heteroatoms. The number of nitrogens with zero attached hydrogens (tertiary/aromatic N) is 2. The summed E-state index contributed by atoms with van der Waals surface area (Å²) in [6.07, 6.45) is 2.20. The first-order chi connectivity index (χ1) is 8.13. The monoisotopic (exact) mass is 232 g/mol. The van der Waals surface area contributed by atoms with Crippen molar-refractivity contribution in [2.24, 2.45) is 5.92 Å². The SMILES string of the molecule is CC1CCN(c2cccc(F)c2C#N)C(C)C1. The molecule has 1 heterocycles. The number of rotatable bonds is 1. The van der Waals surface area contributed by atoms with E-state index in [0.29, 0.717) is 12.0 Å². The number of anilines is 1. The van der Waals surface area contributed by atoms with E-state index >= 15 is 0 Å². The molecule has 0 N–H and O–H groups in total. The summed E-state index contributed by atoms with van der Waals surface area (Å²) < 4.78 is 13.6. The van der Waals surface area contributed by atoms with Crippen LogP contribution < -0.4 is 4.90 Å². The van der Waals surface area contributed by atoms with Crippen LogP contribution in [-0.4, -0.2) is 12.6 Å². The van der Waals surface area contributed by atoms with Gasteiger partial charge in [0.1, 0.15) is 17.4 Å². The molecular formula is C14H17FN2. The van der Waals surface area contributed by atoms with Gasteiger partial charge in [-0.2, -0.15) is 5.26 Å². The lowest BCUT2D eigenvalue weighted by Gasteiger charge is -2.38. The van der Waals surface area contributed by atoms with E-state index in [1.807, 2.05) is 12.1 Å². The van der Waals surface area contributed by atoms with Crippen LogP contribution >= 0.6 is 0 Å². The number of hydrogen-bond acceptors (Lipinski definition) is 2. The van der Waals surface area contributed by atoms with Gasteiger partial charge < -0.3 is 4.90 Å². The molecule has 2 unspecified atom stereocenters. The molecule has 0 amide bonds. The molecule has 1 fully saturated rings. The van der Waals surface area contributed by atoms with Gasteiger partial charge in [-0.15, -0.1) is 0 Å². The highest BCUT2D eigenvalue weighted by Crippen LogP contribution is 2.30. The normalized spacial score (nSPS) is 24.5. The largest absolute Gasteiger partial charge is 0.368 e. The van der Waals surface area contributed by atoms with Crippen molar-refractivity contribution in [3.05, 3.63) is 29.6 Å². The van der Waals surface area contributed by atoms with Crippen LogP contribution in [0, 0.1) is 23.1 Å². The summed E-state index contributed by atoms with van der Waals surface area (Å²) in [5, 5.41) is 9.05. The van der Waals surface area contributed by atoms with Crippen molar-refractivity contribution < 1.29 is 4.39 Å². The van der Waals surface area contributed by atoms with Gasteiger partial charge in [0.25, 0.3) is 0 Å². The second-order valence-electron chi connectivity index (χ2n) is 4.92. The first kappa shape index (κ1) is 11.9. The first-order valence-corrected chi connectivity index (χ1v) is 6.08. The number of halogens is 1. The maximum atomic E-state index is 13.6. The molecule has 1 aliphatic heterocycles. The quantitative estimate of drug-likeness (QED) is 0.742. The Morgan fingerprint density at radius 2 is 2.18 bits per heavy atom. The Hall–Kier alpha value is -1.56. The fraction of sp³-hybridized carbons (Fsp3) is 0.500. The average molecular weight is 232 g/mol. The molecular weight excluding hydrogens is 215 g/mol. The van der Waals surface area contributed by atoms with E-state index in [-0.39, 0.29) is 5.56 Å². The minimum absolute atomic E-state index is 0.175. The van der Waals surface area contributed by atoms with E-state index in [2.05, 4.69) is 18.7 Å². The summed E-state index contributed by atoms with van der Waals surface area (Å²) in [5.41, 5.74) is 0.917. The molecule has 0 bridgehead atoms. The predicted octanol–water partition coefficient (Wildman–Crippen LogP) is 3.32. The van der Waals surface area contributed by atoms with Gasteiger partial charge >= 0.3 is 0 Å². The molecule has 2 nitrogen and oxygen atoms in total. The van der Waals surface area contributed by atoms with Gasteiger partial charge in [0.15, 0.2) is 0 Å². The van der Waals surface area contributed by atoms with Crippen molar-refractivity contribution in [3.63, 3.8) is 0 Å². The minimum Gasteiger partial charge on any atom is -0.368 e. The Kier molecular flexibility index (Phi) is 3.33. The lowest BCUT2D eigenvalue weighted by Crippen LogP contribution is -2.40. The molecule has 0 spiro atoms. The van der Waals surface area contributed by atoms with Gasteiger partial charge in [0.2, 0.25) is 0 Å². The standard InChI is InChI=1S/C14H17FN2/c1-10-6-7-17(11(2)8-10)14-5-3-4-13(15)12(14)9-16/h3-5,10-11H,6-8H2,1-2H3. The lowest BCUT2D eigenvalue weighted by molar-refractivity contribution is 0.377. The van der Waals surface area contributed by atoms with Crippen LogP contribution in [0.5, 0.6) is 0 Å². The molecule has 1 aliphatic rings. The third kappa shape index (κ3) is 2.26. The van der Waals surface area contributed by atoms with Crippen molar-refractivity contribution in [1.82, 2.24) is 0 Å². The van der Waals surface area contributed by atoms with Crippen molar-refractivity contribution in [2.75, 3.05) is 11.4 Å². The predicted molar refractivity (Wildman–Crippen MR) is 66.3 cm³/mol. The van der Waals surface area contributed by atoms with E-state index in [9.17, 15) is 4.39 Å². The highest BCUT2D eigenvalue weighted by Gasteiger charge is 2.25. The molecule has 0 saturated carbocycles. The van der Waals surface area contributed by atoms with Crippen LogP contribution in [0.4, 0.5) is 10.1 Å². The minimum atomic E-state index is -0.421. The zero-order valence-electron chi connectivity index (χ0n) is 10.3. The Bertz CT molecular complexity index is 450. The summed E-state index contributed by atoms with van der Waals surface area (Å²) >= 11 is 0. The fourth-order valence-corrected chi connectivity index (χ4v) is 2.63. The Balaban J connectivity index is 2.35. The maximum Gasteiger partial charge on any atom is 0.143 e. The lowest BCUT2D eigenvalue weighted by atomic mass is 9.92. The highest BCUT2D eigenvalue weighted by atomic mass is 19.1. The van der Waals surface area contributed by atoms with E-state index in [1.54, 1.807) is 6.07 Å². The average Bonchev–Trinajstić information content (AvgIpc) is 2.29. The second-order valence-corrected chi connectivity index (χ2v) is 4.92. The summed E-state index contributed by atoms with van der Waals surface area (Å²) in [7, 11) is 0. The summed E-state index contributed by atoms with van der Waals surface area (Å²) in [6.45, 7) is 5.28. The van der Waals surface area contributed by atoms with E-state index in [0.717, 1.165) is 25.1 Å². The van der Waals surface area contributed by atoms with Gasteiger partial charge in [0.05, 0.1) is 5.69 Å². The number of benzene rings is 1. The molecule has 1 saturated heterocycles. The van der Waals surface area contributed by atoms with Crippen LogP contribution in [-0.2, 0) is 0 Å². The highest BCUT2D eigenvalue weighted by molar-refractivity contribution is 5.60. The third-order valence-corrected chi connectivity index (χ3v) is 3.55. The van der Waals surface area contributed by atoms with Crippen molar-refractivity contribution >= 4 is 5.69 Å². The summed E-state index contributed by atoms with van der Waals surface area (Å²) in [4.78, 5) is 2.15. The molecule has 2 rings (SSSR count). The molecule has 17 heavy (non-hydrogen) atoms. The Morgan fingerprint density at radius 1 is 1.41 bits per heavy atom. The molecule has 0 aromatic heterocycles. The van der Waals surface area contributed by atoms with Gasteiger partial charge in [-0.25, -0.2) is 4.39 Å². The van der Waals surface area contributed by atoms with Crippen LogP contribution in [0.3, 0.4) is 0 Å². The molecule has 2 atom stereocenters. The third-order valence-electron chi connectivity index (χ3n) is 3.55. The molecule has 0 radical (unpaired) electrons. The number of piperidine rings is 1. The van der Waals surface area contributed by atoms with E-state index < -0.39 is 5.82 Å². The first-order valence-electron chi connectivity index (χ1n) is 6.08. The van der Waals surface area contributed by atoms with Gasteiger partial charge in [-0.3, -0.25) is 0 Å². The topological polar surface area (TPSA) is 27.0 Å². The van der Waals surface area contributed by atoms with Gasteiger partial charge in [0, 0.05) is 12.6 Å². The van der Waals surface area contributed by atoms with Crippen LogP contribution in [0.25, 0.3) is 0 Å². The van der Waals surface area contributed by atoms with Gasteiger partial charge in [-0.1, -0.05) is 13.0 Å². The molecule has 90 valence electrons. The van der Waals surface area contributed by atoms with Crippen LogP contribution in [0.15, 0.2) is 18.2 Å². The zero-order valence-corrected chi connectivity index (χ0v) is 10.3. The van der Waals surface area contributed by atoms with E-state index in [4.69, 9.17) is 5.26 Å². The summed E-state index contributed by atoms with van der Waals surface area (Å²) in [5.74, 6) is 0.288.